The molecule has 2 rings (SSSR count). The Morgan fingerprint density at radius 3 is 2.42 bits per heavy atom. The van der Waals surface area contributed by atoms with Gasteiger partial charge in [-0.25, -0.2) is 0 Å². The van der Waals surface area contributed by atoms with E-state index < -0.39 is 11.8 Å². The van der Waals surface area contributed by atoms with Crippen molar-refractivity contribution in [1.29, 1.82) is 0 Å². The summed E-state index contributed by atoms with van der Waals surface area (Å²) in [6.07, 6.45) is 5.08. The third-order valence-corrected chi connectivity index (χ3v) is 5.12. The maximum Gasteiger partial charge on any atom is 0.245 e. The van der Waals surface area contributed by atoms with Crippen LogP contribution in [0.1, 0.15) is 73.1 Å². The van der Waals surface area contributed by atoms with E-state index in [1.54, 1.807) is 4.90 Å². The van der Waals surface area contributed by atoms with Gasteiger partial charge in [0.1, 0.15) is 11.8 Å². The van der Waals surface area contributed by atoms with Crippen LogP contribution in [-0.4, -0.2) is 41.6 Å². The first kappa shape index (κ1) is 19.2. The molecule has 0 bridgehead atoms. The van der Waals surface area contributed by atoms with E-state index in [0.717, 1.165) is 32.1 Å². The van der Waals surface area contributed by atoms with Gasteiger partial charge in [-0.1, -0.05) is 34.6 Å². The lowest BCUT2D eigenvalue weighted by atomic mass is 9.82. The van der Waals surface area contributed by atoms with E-state index in [0.29, 0.717) is 25.5 Å². The molecule has 1 aliphatic carbocycles. The van der Waals surface area contributed by atoms with Gasteiger partial charge in [0.05, 0.1) is 6.61 Å². The number of rotatable bonds is 4. The summed E-state index contributed by atoms with van der Waals surface area (Å²) >= 11 is 0. The number of carbonyl (C=O) groups excluding carboxylic acids is 2. The Morgan fingerprint density at radius 2 is 1.88 bits per heavy atom. The topological polar surface area (TPSA) is 58.6 Å². The Bertz CT molecular complexity index is 462. The lowest BCUT2D eigenvalue weighted by Crippen LogP contribution is -2.57. The molecule has 0 aromatic carbocycles. The smallest absolute Gasteiger partial charge is 0.245 e. The second-order valence-corrected chi connectivity index (χ2v) is 8.75. The van der Waals surface area contributed by atoms with Crippen LogP contribution in [0.15, 0.2) is 0 Å². The van der Waals surface area contributed by atoms with Crippen LogP contribution in [0.2, 0.25) is 0 Å². The average Bonchev–Trinajstić information content (AvgIpc) is 2.86. The quantitative estimate of drug-likeness (QED) is 0.857. The summed E-state index contributed by atoms with van der Waals surface area (Å²) in [6, 6.07) is -0.486. The van der Waals surface area contributed by atoms with Crippen LogP contribution in [0, 0.1) is 11.3 Å². The standard InChI is InChI=1S/C19H34N2O3/c1-6-11-20-17(23)15-13-24-19(9-7-14(2)8-10-19)21(15)16(22)12-18(3,4)5/h14-15H,6-13H2,1-5H3,(H,20,23)/t14?,15-,19?/m0/s1. The van der Waals surface area contributed by atoms with Crippen LogP contribution in [-0.2, 0) is 14.3 Å². The minimum Gasteiger partial charge on any atom is -0.354 e. The van der Waals surface area contributed by atoms with Crippen molar-refractivity contribution in [2.24, 2.45) is 11.3 Å². The highest BCUT2D eigenvalue weighted by Crippen LogP contribution is 2.43. The van der Waals surface area contributed by atoms with Gasteiger partial charge in [0.25, 0.3) is 0 Å². The van der Waals surface area contributed by atoms with Crippen molar-refractivity contribution in [1.82, 2.24) is 10.2 Å². The third kappa shape index (κ3) is 4.29. The molecule has 0 aromatic heterocycles. The van der Waals surface area contributed by atoms with E-state index in [-0.39, 0.29) is 17.2 Å². The number of nitrogens with zero attached hydrogens (tertiary/aromatic N) is 1. The zero-order valence-electron chi connectivity index (χ0n) is 16.0. The van der Waals surface area contributed by atoms with Crippen LogP contribution in [0.5, 0.6) is 0 Å². The molecule has 1 saturated heterocycles. The minimum absolute atomic E-state index is 0.0474. The number of hydrogen-bond donors (Lipinski definition) is 1. The van der Waals surface area contributed by atoms with Crippen LogP contribution < -0.4 is 5.32 Å². The summed E-state index contributed by atoms with van der Waals surface area (Å²) in [7, 11) is 0. The Hall–Kier alpha value is -1.10. The molecule has 0 radical (unpaired) electrons. The second-order valence-electron chi connectivity index (χ2n) is 8.75. The molecule has 2 amide bonds. The molecule has 1 N–H and O–H groups in total. The molecule has 1 saturated carbocycles. The van der Waals surface area contributed by atoms with E-state index in [9.17, 15) is 9.59 Å². The predicted molar refractivity (Wildman–Crippen MR) is 94.3 cm³/mol. The maximum absolute atomic E-state index is 13.1. The van der Waals surface area contributed by atoms with Gasteiger partial charge in [0.15, 0.2) is 0 Å². The largest absolute Gasteiger partial charge is 0.354 e. The summed E-state index contributed by atoms with van der Waals surface area (Å²) < 4.78 is 6.14. The van der Waals surface area contributed by atoms with Crippen LogP contribution in [0.25, 0.3) is 0 Å². The highest BCUT2D eigenvalue weighted by atomic mass is 16.5. The fraction of sp³-hybridized carbons (Fsp3) is 0.895. The molecule has 0 unspecified atom stereocenters. The molecule has 1 aliphatic heterocycles. The lowest BCUT2D eigenvalue weighted by Gasteiger charge is -2.43. The molecule has 138 valence electrons. The second kappa shape index (κ2) is 7.42. The number of ether oxygens (including phenoxy) is 1. The minimum atomic E-state index is -0.566. The first-order valence-corrected chi connectivity index (χ1v) is 9.42. The lowest BCUT2D eigenvalue weighted by molar-refractivity contribution is -0.163. The van der Waals surface area contributed by atoms with Gasteiger partial charge in [-0.05, 0) is 43.4 Å². The Labute approximate surface area is 146 Å². The van der Waals surface area contributed by atoms with E-state index in [2.05, 4.69) is 33.0 Å². The molecule has 2 fully saturated rings. The SMILES string of the molecule is CCCNC(=O)[C@@H]1COC2(CCC(C)CC2)N1C(=O)CC(C)(C)C. The zero-order chi connectivity index (χ0) is 18.0. The fourth-order valence-electron chi connectivity index (χ4n) is 3.76. The molecular weight excluding hydrogens is 304 g/mol. The van der Waals surface area contributed by atoms with E-state index >= 15 is 0 Å². The molecule has 2 aliphatic rings. The Balaban J connectivity index is 2.22. The summed E-state index contributed by atoms with van der Waals surface area (Å²) in [4.78, 5) is 27.5. The number of nitrogens with one attached hydrogen (secondary N) is 1. The van der Waals surface area contributed by atoms with E-state index in [1.165, 1.54) is 0 Å². The van der Waals surface area contributed by atoms with Gasteiger partial charge in [-0.3, -0.25) is 14.5 Å². The number of amides is 2. The van der Waals surface area contributed by atoms with Gasteiger partial charge in [0.2, 0.25) is 11.8 Å². The molecule has 24 heavy (non-hydrogen) atoms. The van der Waals surface area contributed by atoms with Crippen LogP contribution in [0.3, 0.4) is 0 Å². The van der Waals surface area contributed by atoms with E-state index in [4.69, 9.17) is 4.74 Å². The normalized spacial score (nSPS) is 30.6. The predicted octanol–water partition coefficient (Wildman–Crippen LogP) is 3.08. The number of carbonyl (C=O) groups is 2. The van der Waals surface area contributed by atoms with Crippen molar-refractivity contribution in [3.63, 3.8) is 0 Å². The van der Waals surface area contributed by atoms with Gasteiger partial charge in [0, 0.05) is 13.0 Å². The highest BCUT2D eigenvalue weighted by molar-refractivity contribution is 5.89. The van der Waals surface area contributed by atoms with Crippen molar-refractivity contribution in [3.8, 4) is 0 Å². The molecule has 0 aromatic rings. The van der Waals surface area contributed by atoms with Crippen molar-refractivity contribution in [3.05, 3.63) is 0 Å². The molecule has 5 heteroatoms. The van der Waals surface area contributed by atoms with Crippen LogP contribution >= 0.6 is 0 Å². The molecule has 1 heterocycles. The highest BCUT2D eigenvalue weighted by Gasteiger charge is 2.53. The first-order valence-electron chi connectivity index (χ1n) is 9.42. The average molecular weight is 338 g/mol. The summed E-state index contributed by atoms with van der Waals surface area (Å²) in [5.41, 5.74) is -0.670. The first-order chi connectivity index (χ1) is 11.2. The van der Waals surface area contributed by atoms with Gasteiger partial charge < -0.3 is 10.1 Å². The maximum atomic E-state index is 13.1. The molecule has 1 spiro atoms. The fourth-order valence-corrected chi connectivity index (χ4v) is 3.76. The van der Waals surface area contributed by atoms with Gasteiger partial charge in [-0.2, -0.15) is 0 Å². The zero-order valence-corrected chi connectivity index (χ0v) is 16.0. The molecule has 1 atom stereocenters. The van der Waals surface area contributed by atoms with Crippen molar-refractivity contribution in [2.75, 3.05) is 13.2 Å². The number of hydrogen-bond acceptors (Lipinski definition) is 3. The van der Waals surface area contributed by atoms with Crippen molar-refractivity contribution < 1.29 is 14.3 Å². The Kier molecular flexibility index (Phi) is 5.95. The molecular formula is C19H34N2O3. The van der Waals surface area contributed by atoms with Crippen molar-refractivity contribution >= 4 is 11.8 Å². The van der Waals surface area contributed by atoms with Gasteiger partial charge in [-0.15, -0.1) is 0 Å². The molecule has 5 nitrogen and oxygen atoms in total. The van der Waals surface area contributed by atoms with Crippen molar-refractivity contribution in [2.45, 2.75) is 84.9 Å². The Morgan fingerprint density at radius 1 is 1.25 bits per heavy atom. The monoisotopic (exact) mass is 338 g/mol. The third-order valence-electron chi connectivity index (χ3n) is 5.12. The summed E-state index contributed by atoms with van der Waals surface area (Å²) in [5, 5.41) is 2.94. The van der Waals surface area contributed by atoms with Gasteiger partial charge >= 0.3 is 0 Å². The summed E-state index contributed by atoms with van der Waals surface area (Å²) in [5.74, 6) is 0.632. The van der Waals surface area contributed by atoms with Crippen LogP contribution in [0.4, 0.5) is 0 Å². The summed E-state index contributed by atoms with van der Waals surface area (Å²) in [6.45, 7) is 11.4. The van der Waals surface area contributed by atoms with E-state index in [1.807, 2.05) is 6.92 Å².